The number of ether oxygens (including phenoxy) is 1. The van der Waals surface area contributed by atoms with Crippen molar-refractivity contribution >= 4 is 23.3 Å². The first kappa shape index (κ1) is 20.5. The highest BCUT2D eigenvalue weighted by atomic mass is 16.5. The Labute approximate surface area is 171 Å². The number of carbonyl (C=O) groups excluding carboxylic acids is 4. The smallest absolute Gasteiger partial charge is 0.303 e. The third kappa shape index (κ3) is 2.78. The minimum absolute atomic E-state index is 0.0625. The van der Waals surface area contributed by atoms with Crippen LogP contribution in [0, 0.1) is 28.6 Å². The number of allylic oxidation sites excluding steroid dienone is 1. The van der Waals surface area contributed by atoms with Crippen LogP contribution in [0.15, 0.2) is 11.6 Å². The Morgan fingerprint density at radius 3 is 2.59 bits per heavy atom. The molecule has 6 nitrogen and oxygen atoms in total. The second kappa shape index (κ2) is 6.59. The van der Waals surface area contributed by atoms with E-state index < -0.39 is 29.4 Å². The predicted octanol–water partition coefficient (Wildman–Crippen LogP) is 2.56. The number of carbonyl (C=O) groups is 4. The van der Waals surface area contributed by atoms with Crippen molar-refractivity contribution in [3.05, 3.63) is 11.6 Å². The number of rotatable bonds is 3. The number of hydrogen-bond donors (Lipinski definition) is 1. The lowest BCUT2D eigenvalue weighted by atomic mass is 9.46. The summed E-state index contributed by atoms with van der Waals surface area (Å²) in [5.41, 5.74) is -1.68. The topological polar surface area (TPSA) is 97.7 Å². The molecule has 6 heteroatoms. The van der Waals surface area contributed by atoms with Gasteiger partial charge in [0.05, 0.1) is 0 Å². The Morgan fingerprint density at radius 2 is 1.90 bits per heavy atom. The fraction of sp³-hybridized carbons (Fsp3) is 0.739. The molecule has 0 aromatic rings. The fourth-order valence-electron chi connectivity index (χ4n) is 7.13. The maximum atomic E-state index is 13.5. The monoisotopic (exact) mass is 402 g/mol. The molecule has 0 bridgehead atoms. The normalized spacial score (nSPS) is 43.7. The second-order valence-electron chi connectivity index (χ2n) is 10.0. The molecule has 29 heavy (non-hydrogen) atoms. The van der Waals surface area contributed by atoms with Crippen LogP contribution >= 0.6 is 0 Å². The van der Waals surface area contributed by atoms with E-state index in [1.54, 1.807) is 6.08 Å². The van der Waals surface area contributed by atoms with Gasteiger partial charge in [-0.3, -0.25) is 19.2 Å². The van der Waals surface area contributed by atoms with Gasteiger partial charge in [-0.15, -0.1) is 0 Å². The van der Waals surface area contributed by atoms with E-state index in [2.05, 4.69) is 6.92 Å². The SMILES string of the molecule is CC(=O)OCC(=O)[C@@]1(O)CC[C@@H]2[C@H]3CCC4=CC(=O)CC[C@]4(C)[C@H]3C(=O)C[C@@]21C. The predicted molar refractivity (Wildman–Crippen MR) is 104 cm³/mol. The van der Waals surface area contributed by atoms with Crippen molar-refractivity contribution in [3.63, 3.8) is 0 Å². The van der Waals surface area contributed by atoms with Crippen LogP contribution < -0.4 is 0 Å². The molecule has 0 saturated heterocycles. The summed E-state index contributed by atoms with van der Waals surface area (Å²) in [6, 6.07) is 0. The second-order valence-corrected chi connectivity index (χ2v) is 10.0. The van der Waals surface area contributed by atoms with E-state index in [9.17, 15) is 24.3 Å². The Morgan fingerprint density at radius 1 is 1.17 bits per heavy atom. The van der Waals surface area contributed by atoms with Gasteiger partial charge in [0, 0.05) is 31.1 Å². The van der Waals surface area contributed by atoms with Crippen LogP contribution in [-0.2, 0) is 23.9 Å². The molecule has 0 aromatic heterocycles. The average Bonchev–Trinajstić information content (AvgIpc) is 2.91. The summed E-state index contributed by atoms with van der Waals surface area (Å²) < 4.78 is 4.86. The van der Waals surface area contributed by atoms with Crippen molar-refractivity contribution < 1.29 is 29.0 Å². The van der Waals surface area contributed by atoms with Gasteiger partial charge in [-0.2, -0.15) is 0 Å². The van der Waals surface area contributed by atoms with Crippen molar-refractivity contribution in [2.75, 3.05) is 6.61 Å². The number of fused-ring (bicyclic) bond motifs is 5. The maximum Gasteiger partial charge on any atom is 0.303 e. The average molecular weight is 402 g/mol. The molecule has 1 N–H and O–H groups in total. The Bertz CT molecular complexity index is 827. The largest absolute Gasteiger partial charge is 0.458 e. The van der Waals surface area contributed by atoms with Crippen LogP contribution in [0.4, 0.5) is 0 Å². The van der Waals surface area contributed by atoms with Gasteiger partial charge in [-0.1, -0.05) is 19.4 Å². The summed E-state index contributed by atoms with van der Waals surface area (Å²) in [6.07, 6.45) is 5.66. The minimum Gasteiger partial charge on any atom is -0.458 e. The molecule has 0 aromatic carbocycles. The van der Waals surface area contributed by atoms with E-state index in [0.29, 0.717) is 25.7 Å². The summed E-state index contributed by atoms with van der Waals surface area (Å²) in [4.78, 5) is 49.4. The first-order valence-electron chi connectivity index (χ1n) is 10.7. The van der Waals surface area contributed by atoms with E-state index in [0.717, 1.165) is 18.4 Å². The lowest BCUT2D eigenvalue weighted by molar-refractivity contribution is -0.173. The zero-order chi connectivity index (χ0) is 21.2. The van der Waals surface area contributed by atoms with E-state index in [4.69, 9.17) is 4.74 Å². The van der Waals surface area contributed by atoms with Crippen molar-refractivity contribution in [3.8, 4) is 0 Å². The molecule has 0 heterocycles. The van der Waals surface area contributed by atoms with E-state index in [-0.39, 0.29) is 41.2 Å². The standard InChI is InChI=1S/C23H30O6/c1-13(24)29-12-19(27)23(28)9-7-17-16-5-4-14-10-15(25)6-8-21(14,2)20(16)18(26)11-22(17,23)3/h10,16-17,20,28H,4-9,11-12H2,1-3H3/t16-,17-,20-,21+,22+,23+/m1/s1. The summed E-state index contributed by atoms with van der Waals surface area (Å²) in [5.74, 6) is -0.811. The fourth-order valence-corrected chi connectivity index (χ4v) is 7.13. The number of esters is 1. The molecule has 3 saturated carbocycles. The molecule has 0 radical (unpaired) electrons. The number of hydrogen-bond acceptors (Lipinski definition) is 6. The van der Waals surface area contributed by atoms with Crippen LogP contribution in [0.3, 0.4) is 0 Å². The van der Waals surface area contributed by atoms with Gasteiger partial charge in [-0.05, 0) is 55.4 Å². The number of aliphatic hydroxyl groups is 1. The van der Waals surface area contributed by atoms with Gasteiger partial charge in [-0.25, -0.2) is 0 Å². The highest BCUT2D eigenvalue weighted by molar-refractivity contribution is 5.95. The van der Waals surface area contributed by atoms with Crippen LogP contribution in [0.2, 0.25) is 0 Å². The van der Waals surface area contributed by atoms with Gasteiger partial charge < -0.3 is 9.84 Å². The van der Waals surface area contributed by atoms with Gasteiger partial charge in [0.15, 0.2) is 12.4 Å². The molecule has 4 aliphatic carbocycles. The minimum atomic E-state index is -1.65. The van der Waals surface area contributed by atoms with Gasteiger partial charge in [0.1, 0.15) is 11.4 Å². The zero-order valence-electron chi connectivity index (χ0n) is 17.5. The van der Waals surface area contributed by atoms with Crippen LogP contribution in [0.1, 0.15) is 65.7 Å². The molecule has 0 unspecified atom stereocenters. The number of Topliss-reactive ketones (excluding diaryl/α,β-unsaturated/α-hetero) is 2. The van der Waals surface area contributed by atoms with E-state index in [1.807, 2.05) is 6.92 Å². The molecular weight excluding hydrogens is 372 g/mol. The summed E-state index contributed by atoms with van der Waals surface area (Å²) >= 11 is 0. The Hall–Kier alpha value is -1.82. The molecule has 0 aliphatic heterocycles. The maximum absolute atomic E-state index is 13.5. The van der Waals surface area contributed by atoms with E-state index in [1.165, 1.54) is 6.92 Å². The molecular formula is C23H30O6. The quantitative estimate of drug-likeness (QED) is 0.729. The van der Waals surface area contributed by atoms with Crippen molar-refractivity contribution in [1.29, 1.82) is 0 Å². The molecule has 0 spiro atoms. The van der Waals surface area contributed by atoms with Crippen molar-refractivity contribution in [2.45, 2.75) is 71.3 Å². The molecule has 4 rings (SSSR count). The van der Waals surface area contributed by atoms with Crippen molar-refractivity contribution in [2.24, 2.45) is 28.6 Å². The summed E-state index contributed by atoms with van der Waals surface area (Å²) in [5, 5.41) is 11.4. The molecule has 6 atom stereocenters. The molecule has 3 fully saturated rings. The van der Waals surface area contributed by atoms with Crippen molar-refractivity contribution in [1.82, 2.24) is 0 Å². The zero-order valence-corrected chi connectivity index (χ0v) is 17.5. The lowest BCUT2D eigenvalue weighted by Crippen LogP contribution is -2.61. The number of ketones is 3. The molecule has 158 valence electrons. The Balaban J connectivity index is 1.66. The van der Waals surface area contributed by atoms with Gasteiger partial charge in [0.25, 0.3) is 0 Å². The molecule has 4 aliphatic rings. The van der Waals surface area contributed by atoms with E-state index >= 15 is 0 Å². The summed E-state index contributed by atoms with van der Waals surface area (Å²) in [7, 11) is 0. The third-order valence-corrected chi connectivity index (χ3v) is 8.67. The van der Waals surface area contributed by atoms with Crippen LogP contribution in [0.5, 0.6) is 0 Å². The van der Waals surface area contributed by atoms with Crippen LogP contribution in [-0.4, -0.2) is 40.6 Å². The van der Waals surface area contributed by atoms with Gasteiger partial charge in [0.2, 0.25) is 5.78 Å². The lowest BCUT2D eigenvalue weighted by Gasteiger charge is -2.57. The first-order chi connectivity index (χ1) is 13.5. The van der Waals surface area contributed by atoms with Gasteiger partial charge >= 0.3 is 5.97 Å². The Kier molecular flexibility index (Phi) is 4.65. The third-order valence-electron chi connectivity index (χ3n) is 8.67. The summed E-state index contributed by atoms with van der Waals surface area (Å²) in [6.45, 7) is 4.76. The molecule has 0 amide bonds. The first-order valence-corrected chi connectivity index (χ1v) is 10.7. The highest BCUT2D eigenvalue weighted by Gasteiger charge is 2.68. The van der Waals surface area contributed by atoms with Crippen LogP contribution in [0.25, 0.3) is 0 Å². The highest BCUT2D eigenvalue weighted by Crippen LogP contribution is 2.66.